The van der Waals surface area contributed by atoms with Crippen LogP contribution in [0.4, 0.5) is 10.5 Å². The molecule has 166 valence electrons. The maximum absolute atomic E-state index is 13.0. The molecule has 1 aromatic rings. The van der Waals surface area contributed by atoms with Crippen LogP contribution < -0.4 is 10.2 Å². The molecule has 31 heavy (non-hydrogen) atoms. The highest BCUT2D eigenvalue weighted by Crippen LogP contribution is 2.35. The fourth-order valence-electron chi connectivity index (χ4n) is 5.01. The van der Waals surface area contributed by atoms with E-state index in [1.54, 1.807) is 4.90 Å². The molecule has 0 aromatic heterocycles. The largest absolute Gasteiger partial charge is 0.454 e. The molecule has 8 heteroatoms. The van der Waals surface area contributed by atoms with Crippen molar-refractivity contribution in [3.8, 4) is 0 Å². The second-order valence-electron chi connectivity index (χ2n) is 8.66. The molecule has 4 amide bonds. The smallest absolute Gasteiger partial charge is 0.326 e. The van der Waals surface area contributed by atoms with E-state index in [9.17, 15) is 19.2 Å². The van der Waals surface area contributed by atoms with Crippen LogP contribution in [0, 0.1) is 0 Å². The summed E-state index contributed by atoms with van der Waals surface area (Å²) in [6.45, 7) is -0.895. The van der Waals surface area contributed by atoms with Crippen molar-refractivity contribution in [3.05, 3.63) is 30.3 Å². The van der Waals surface area contributed by atoms with Gasteiger partial charge in [-0.2, -0.15) is 0 Å². The summed E-state index contributed by atoms with van der Waals surface area (Å²) in [5.74, 6) is -1.43. The molecular formula is C23H29N3O5. The molecule has 2 saturated carbocycles. The van der Waals surface area contributed by atoms with Crippen LogP contribution in [0.3, 0.4) is 0 Å². The standard InChI is InChI=1S/C23H29N3O5/c27-19(26(17-9-3-1-4-10-17)18-11-5-2-6-12-18)16-31-20(28)15-25-21(29)23(24-22(25)30)13-7-8-14-23/h1,3-4,9-10,18H,2,5-8,11-16H2,(H,24,30). The van der Waals surface area contributed by atoms with E-state index in [0.717, 1.165) is 55.5 Å². The molecule has 0 radical (unpaired) electrons. The molecule has 1 aliphatic heterocycles. The molecule has 0 atom stereocenters. The third-order valence-corrected chi connectivity index (χ3v) is 6.59. The minimum absolute atomic E-state index is 0.0792. The van der Waals surface area contributed by atoms with Crippen LogP contribution in [0.2, 0.25) is 0 Å². The highest BCUT2D eigenvalue weighted by Gasteiger charge is 2.52. The number of hydrogen-bond donors (Lipinski definition) is 1. The van der Waals surface area contributed by atoms with Gasteiger partial charge in [-0.05, 0) is 37.8 Å². The molecule has 8 nitrogen and oxygen atoms in total. The van der Waals surface area contributed by atoms with Gasteiger partial charge in [-0.15, -0.1) is 0 Å². The maximum Gasteiger partial charge on any atom is 0.326 e. The van der Waals surface area contributed by atoms with Crippen LogP contribution in [0.15, 0.2) is 30.3 Å². The third kappa shape index (κ3) is 4.43. The van der Waals surface area contributed by atoms with Crippen LogP contribution in [0.5, 0.6) is 0 Å². The molecule has 1 saturated heterocycles. The molecule has 1 heterocycles. The first-order chi connectivity index (χ1) is 15.0. The van der Waals surface area contributed by atoms with E-state index in [0.29, 0.717) is 12.8 Å². The predicted octanol–water partition coefficient (Wildman–Crippen LogP) is 2.76. The summed E-state index contributed by atoms with van der Waals surface area (Å²) in [4.78, 5) is 52.9. The lowest BCUT2D eigenvalue weighted by Crippen LogP contribution is -2.45. The van der Waals surface area contributed by atoms with Gasteiger partial charge in [-0.25, -0.2) is 4.79 Å². The summed E-state index contributed by atoms with van der Waals surface area (Å²) in [7, 11) is 0. The van der Waals surface area contributed by atoms with Crippen LogP contribution in [-0.2, 0) is 19.1 Å². The lowest BCUT2D eigenvalue weighted by Gasteiger charge is -2.34. The quantitative estimate of drug-likeness (QED) is 0.556. The van der Waals surface area contributed by atoms with Crippen molar-refractivity contribution in [2.24, 2.45) is 0 Å². The highest BCUT2D eigenvalue weighted by atomic mass is 16.5. The van der Waals surface area contributed by atoms with Crippen molar-refractivity contribution in [2.75, 3.05) is 18.1 Å². The first kappa shape index (κ1) is 21.3. The van der Waals surface area contributed by atoms with E-state index in [4.69, 9.17) is 4.74 Å². The van der Waals surface area contributed by atoms with E-state index in [-0.39, 0.29) is 17.9 Å². The summed E-state index contributed by atoms with van der Waals surface area (Å²) in [6.07, 6.45) is 8.05. The van der Waals surface area contributed by atoms with Crippen LogP contribution in [-0.4, -0.2) is 53.4 Å². The lowest BCUT2D eigenvalue weighted by atomic mass is 9.93. The van der Waals surface area contributed by atoms with Crippen molar-refractivity contribution in [2.45, 2.75) is 69.4 Å². The Morgan fingerprint density at radius 1 is 1.03 bits per heavy atom. The van der Waals surface area contributed by atoms with Gasteiger partial charge in [0.2, 0.25) is 0 Å². The highest BCUT2D eigenvalue weighted by molar-refractivity contribution is 6.09. The zero-order valence-electron chi connectivity index (χ0n) is 17.7. The Morgan fingerprint density at radius 3 is 2.39 bits per heavy atom. The van der Waals surface area contributed by atoms with Gasteiger partial charge >= 0.3 is 12.0 Å². The SMILES string of the molecule is O=C(CN1C(=O)NC2(CCCC2)C1=O)OCC(=O)N(c1ccccc1)C1CCCCC1. The number of nitrogens with zero attached hydrogens (tertiary/aromatic N) is 2. The van der Waals surface area contributed by atoms with Crippen LogP contribution >= 0.6 is 0 Å². The topological polar surface area (TPSA) is 96.0 Å². The van der Waals surface area contributed by atoms with Gasteiger partial charge < -0.3 is 15.0 Å². The summed E-state index contributed by atoms with van der Waals surface area (Å²) in [5.41, 5.74) is -0.0779. The Morgan fingerprint density at radius 2 is 1.71 bits per heavy atom. The Labute approximate surface area is 181 Å². The number of hydrogen-bond acceptors (Lipinski definition) is 5. The van der Waals surface area contributed by atoms with Crippen molar-refractivity contribution < 1.29 is 23.9 Å². The number of amides is 4. The van der Waals surface area contributed by atoms with Crippen molar-refractivity contribution >= 4 is 29.5 Å². The molecule has 1 aromatic carbocycles. The summed E-state index contributed by atoms with van der Waals surface area (Å²) in [5, 5.41) is 2.74. The maximum atomic E-state index is 13.0. The summed E-state index contributed by atoms with van der Waals surface area (Å²) < 4.78 is 5.20. The number of anilines is 1. The number of urea groups is 1. The molecule has 1 N–H and O–H groups in total. The van der Waals surface area contributed by atoms with Gasteiger partial charge in [0.25, 0.3) is 11.8 Å². The van der Waals surface area contributed by atoms with Gasteiger partial charge in [-0.1, -0.05) is 50.3 Å². The molecule has 4 rings (SSSR count). The Hall–Kier alpha value is -2.90. The molecule has 0 unspecified atom stereocenters. The number of ether oxygens (including phenoxy) is 1. The average Bonchev–Trinajstić information content (AvgIpc) is 3.34. The van der Waals surface area contributed by atoms with Gasteiger partial charge in [0.05, 0.1) is 0 Å². The fourth-order valence-corrected chi connectivity index (χ4v) is 5.01. The second kappa shape index (κ2) is 9.08. The van der Waals surface area contributed by atoms with Crippen molar-refractivity contribution in [1.82, 2.24) is 10.2 Å². The zero-order chi connectivity index (χ0) is 21.8. The third-order valence-electron chi connectivity index (χ3n) is 6.59. The van der Waals surface area contributed by atoms with Gasteiger partial charge in [-0.3, -0.25) is 19.3 Å². The summed E-state index contributed by atoms with van der Waals surface area (Å²) >= 11 is 0. The minimum atomic E-state index is -0.863. The van der Waals surface area contributed by atoms with E-state index >= 15 is 0 Å². The fraction of sp³-hybridized carbons (Fsp3) is 0.565. The van der Waals surface area contributed by atoms with Gasteiger partial charge in [0.1, 0.15) is 12.1 Å². The summed E-state index contributed by atoms with van der Waals surface area (Å²) in [6, 6.07) is 8.91. The van der Waals surface area contributed by atoms with Gasteiger partial charge in [0, 0.05) is 11.7 Å². The molecule has 3 fully saturated rings. The lowest BCUT2D eigenvalue weighted by molar-refractivity contribution is -0.150. The molecule has 3 aliphatic rings. The zero-order valence-corrected chi connectivity index (χ0v) is 17.7. The normalized spacial score (nSPS) is 20.7. The van der Waals surface area contributed by atoms with E-state index in [1.165, 1.54) is 0 Å². The number of carbonyl (C=O) groups excluding carboxylic acids is 4. The van der Waals surface area contributed by atoms with E-state index < -0.39 is 30.7 Å². The molecule has 1 spiro atoms. The van der Waals surface area contributed by atoms with Crippen LogP contribution in [0.1, 0.15) is 57.8 Å². The monoisotopic (exact) mass is 427 g/mol. The van der Waals surface area contributed by atoms with Crippen molar-refractivity contribution in [1.29, 1.82) is 0 Å². The van der Waals surface area contributed by atoms with Gasteiger partial charge in [0.15, 0.2) is 6.61 Å². The molecule has 2 aliphatic carbocycles. The second-order valence-corrected chi connectivity index (χ2v) is 8.66. The predicted molar refractivity (Wildman–Crippen MR) is 113 cm³/mol. The number of para-hydroxylation sites is 1. The first-order valence-corrected chi connectivity index (χ1v) is 11.2. The number of rotatable bonds is 6. The number of carbonyl (C=O) groups is 4. The van der Waals surface area contributed by atoms with E-state index in [2.05, 4.69) is 5.32 Å². The number of imide groups is 1. The average molecular weight is 428 g/mol. The molecular weight excluding hydrogens is 398 g/mol. The van der Waals surface area contributed by atoms with E-state index in [1.807, 2.05) is 30.3 Å². The Kier molecular flexibility index (Phi) is 6.25. The number of benzene rings is 1. The number of nitrogens with one attached hydrogen (secondary N) is 1. The number of esters is 1. The minimum Gasteiger partial charge on any atom is -0.454 e. The first-order valence-electron chi connectivity index (χ1n) is 11.2. The van der Waals surface area contributed by atoms with Crippen LogP contribution in [0.25, 0.3) is 0 Å². The Balaban J connectivity index is 1.37. The Bertz CT molecular complexity index is 844. The van der Waals surface area contributed by atoms with Crippen molar-refractivity contribution in [3.63, 3.8) is 0 Å². The molecule has 0 bridgehead atoms.